The molecule has 0 aliphatic rings. The van der Waals surface area contributed by atoms with Crippen LogP contribution in [0.5, 0.6) is 0 Å². The Morgan fingerprint density at radius 1 is 0.800 bits per heavy atom. The molecule has 3 nitrogen and oxygen atoms in total. The molecular weight excluding hydrogens is 368 g/mol. The Kier molecular flexibility index (Phi) is 5.53. The van der Waals surface area contributed by atoms with Crippen molar-refractivity contribution in [3.63, 3.8) is 0 Å². The first-order chi connectivity index (χ1) is 14.6. The van der Waals surface area contributed by atoms with Gasteiger partial charge in [-0.1, -0.05) is 90.5 Å². The van der Waals surface area contributed by atoms with Crippen LogP contribution in [-0.4, -0.2) is 10.5 Å². The fraction of sp³-hybridized carbons (Fsp3) is 0.148. The summed E-state index contributed by atoms with van der Waals surface area (Å²) in [6.07, 6.45) is 0.877. The first-order valence-electron chi connectivity index (χ1n) is 10.3. The lowest BCUT2D eigenvalue weighted by Crippen LogP contribution is -2.13. The summed E-state index contributed by atoms with van der Waals surface area (Å²) in [5.74, 6) is -0.391. The van der Waals surface area contributed by atoms with Crippen molar-refractivity contribution in [1.82, 2.24) is 4.57 Å². The van der Waals surface area contributed by atoms with Crippen LogP contribution in [-0.2, 0) is 13.0 Å². The second-order valence-corrected chi connectivity index (χ2v) is 7.67. The molecule has 0 radical (unpaired) electrons. The third-order valence-electron chi connectivity index (χ3n) is 5.62. The normalized spacial score (nSPS) is 10.9. The van der Waals surface area contributed by atoms with Gasteiger partial charge in [-0.15, -0.1) is 0 Å². The molecule has 0 aliphatic heterocycles. The van der Waals surface area contributed by atoms with E-state index < -0.39 is 5.91 Å². The van der Waals surface area contributed by atoms with Crippen molar-refractivity contribution in [2.24, 2.45) is 5.73 Å². The van der Waals surface area contributed by atoms with Crippen molar-refractivity contribution < 1.29 is 4.79 Å². The summed E-state index contributed by atoms with van der Waals surface area (Å²) in [5, 5.41) is 0. The Labute approximate surface area is 177 Å². The van der Waals surface area contributed by atoms with Crippen LogP contribution < -0.4 is 5.73 Å². The second kappa shape index (κ2) is 8.42. The quantitative estimate of drug-likeness (QED) is 0.443. The van der Waals surface area contributed by atoms with Gasteiger partial charge in [-0.3, -0.25) is 4.79 Å². The maximum atomic E-state index is 12.5. The van der Waals surface area contributed by atoms with Crippen molar-refractivity contribution in [1.29, 1.82) is 0 Å². The molecule has 4 aromatic rings. The van der Waals surface area contributed by atoms with Gasteiger partial charge in [-0.25, -0.2) is 0 Å². The van der Waals surface area contributed by atoms with Crippen molar-refractivity contribution in [3.05, 3.63) is 107 Å². The summed E-state index contributed by atoms with van der Waals surface area (Å²) in [6, 6.07) is 28.9. The average molecular weight is 395 g/mol. The van der Waals surface area contributed by atoms with E-state index in [0.29, 0.717) is 5.56 Å². The van der Waals surface area contributed by atoms with Crippen LogP contribution in [0.2, 0.25) is 0 Å². The molecule has 0 bridgehead atoms. The summed E-state index contributed by atoms with van der Waals surface area (Å²) in [5.41, 5.74) is 14.0. The van der Waals surface area contributed by atoms with Crippen molar-refractivity contribution >= 4 is 5.91 Å². The van der Waals surface area contributed by atoms with Gasteiger partial charge in [0.25, 0.3) is 5.91 Å². The van der Waals surface area contributed by atoms with Gasteiger partial charge in [0.1, 0.15) is 0 Å². The van der Waals surface area contributed by atoms with E-state index in [-0.39, 0.29) is 0 Å². The SMILES string of the molecule is Cc1ccc(CCn2c(C)c(C(N)=O)c(-c3ccccc3)c2-c2ccccc2)cc1. The van der Waals surface area contributed by atoms with Gasteiger partial charge in [0.05, 0.1) is 11.3 Å². The van der Waals surface area contributed by atoms with E-state index in [1.54, 1.807) is 0 Å². The number of nitrogens with zero attached hydrogens (tertiary/aromatic N) is 1. The Balaban J connectivity index is 1.90. The molecule has 0 saturated heterocycles. The fourth-order valence-corrected chi connectivity index (χ4v) is 4.10. The Morgan fingerprint density at radius 3 is 1.93 bits per heavy atom. The first-order valence-corrected chi connectivity index (χ1v) is 10.3. The Bertz CT molecular complexity index is 1160. The minimum absolute atomic E-state index is 0.391. The number of amides is 1. The van der Waals surface area contributed by atoms with Crippen LogP contribution in [0.15, 0.2) is 84.9 Å². The summed E-state index contributed by atoms with van der Waals surface area (Å²) < 4.78 is 2.25. The lowest BCUT2D eigenvalue weighted by atomic mass is 9.96. The second-order valence-electron chi connectivity index (χ2n) is 7.67. The number of benzene rings is 3. The van der Waals surface area contributed by atoms with Crippen LogP contribution in [0.1, 0.15) is 27.2 Å². The molecular formula is C27H26N2O. The molecule has 3 aromatic carbocycles. The zero-order valence-electron chi connectivity index (χ0n) is 17.4. The third kappa shape index (κ3) is 3.79. The van der Waals surface area contributed by atoms with Gasteiger partial charge in [0.15, 0.2) is 0 Å². The van der Waals surface area contributed by atoms with Gasteiger partial charge < -0.3 is 10.3 Å². The molecule has 0 saturated carbocycles. The van der Waals surface area contributed by atoms with Crippen LogP contribution in [0.25, 0.3) is 22.4 Å². The number of aryl methyl sites for hydroxylation is 2. The molecule has 0 aliphatic carbocycles. The third-order valence-corrected chi connectivity index (χ3v) is 5.62. The average Bonchev–Trinajstić information content (AvgIpc) is 3.07. The summed E-state index contributed by atoms with van der Waals surface area (Å²) >= 11 is 0. The maximum Gasteiger partial charge on any atom is 0.251 e. The monoisotopic (exact) mass is 394 g/mol. The topological polar surface area (TPSA) is 48.0 Å². The molecule has 0 fully saturated rings. The van der Waals surface area contributed by atoms with Crippen LogP contribution in [0.4, 0.5) is 0 Å². The molecule has 150 valence electrons. The van der Waals surface area contributed by atoms with Gasteiger partial charge >= 0.3 is 0 Å². The molecule has 1 heterocycles. The zero-order chi connectivity index (χ0) is 21.1. The number of rotatable bonds is 6. The van der Waals surface area contributed by atoms with E-state index in [4.69, 9.17) is 5.73 Å². The van der Waals surface area contributed by atoms with Crippen molar-refractivity contribution in [2.45, 2.75) is 26.8 Å². The minimum atomic E-state index is -0.391. The van der Waals surface area contributed by atoms with Crippen molar-refractivity contribution in [3.8, 4) is 22.4 Å². The van der Waals surface area contributed by atoms with Gasteiger partial charge in [0, 0.05) is 17.8 Å². The number of hydrogen-bond acceptors (Lipinski definition) is 1. The van der Waals surface area contributed by atoms with E-state index in [0.717, 1.165) is 41.0 Å². The van der Waals surface area contributed by atoms with Gasteiger partial charge in [-0.05, 0) is 37.0 Å². The van der Waals surface area contributed by atoms with Crippen LogP contribution in [0.3, 0.4) is 0 Å². The number of primary amides is 1. The van der Waals surface area contributed by atoms with E-state index in [9.17, 15) is 4.79 Å². The molecule has 3 heteroatoms. The first kappa shape index (κ1) is 19.7. The summed E-state index contributed by atoms with van der Waals surface area (Å²) in [7, 11) is 0. The highest BCUT2D eigenvalue weighted by atomic mass is 16.1. The van der Waals surface area contributed by atoms with Crippen LogP contribution >= 0.6 is 0 Å². The van der Waals surface area contributed by atoms with E-state index >= 15 is 0 Å². The van der Waals surface area contributed by atoms with Crippen molar-refractivity contribution in [2.75, 3.05) is 0 Å². The number of carbonyl (C=O) groups excluding carboxylic acids is 1. The maximum absolute atomic E-state index is 12.5. The highest BCUT2D eigenvalue weighted by Crippen LogP contribution is 2.39. The standard InChI is InChI=1S/C27H26N2O/c1-19-13-15-21(16-14-19)17-18-29-20(2)24(27(28)30)25(22-9-5-3-6-10-22)26(29)23-11-7-4-8-12-23/h3-16H,17-18H2,1-2H3,(H2,28,30). The smallest absolute Gasteiger partial charge is 0.251 e. The number of hydrogen-bond donors (Lipinski definition) is 1. The molecule has 0 unspecified atom stereocenters. The largest absolute Gasteiger partial charge is 0.366 e. The molecule has 0 atom stereocenters. The van der Waals surface area contributed by atoms with E-state index in [2.05, 4.69) is 47.9 Å². The predicted octanol–water partition coefficient (Wildman–Crippen LogP) is 5.78. The number of nitrogens with two attached hydrogens (primary N) is 1. The minimum Gasteiger partial charge on any atom is -0.366 e. The fourth-order valence-electron chi connectivity index (χ4n) is 4.10. The predicted molar refractivity (Wildman–Crippen MR) is 123 cm³/mol. The number of aromatic nitrogens is 1. The molecule has 1 amide bonds. The zero-order valence-corrected chi connectivity index (χ0v) is 17.4. The van der Waals surface area contributed by atoms with E-state index in [1.807, 2.05) is 55.5 Å². The number of carbonyl (C=O) groups is 1. The summed E-state index contributed by atoms with van der Waals surface area (Å²) in [6.45, 7) is 4.86. The Morgan fingerprint density at radius 2 is 1.37 bits per heavy atom. The lowest BCUT2D eigenvalue weighted by molar-refractivity contribution is 0.1000. The summed E-state index contributed by atoms with van der Waals surface area (Å²) in [4.78, 5) is 12.5. The van der Waals surface area contributed by atoms with E-state index in [1.165, 1.54) is 11.1 Å². The van der Waals surface area contributed by atoms with Gasteiger partial charge in [-0.2, -0.15) is 0 Å². The highest BCUT2D eigenvalue weighted by molar-refractivity contribution is 6.05. The molecule has 2 N–H and O–H groups in total. The van der Waals surface area contributed by atoms with Crippen LogP contribution in [0, 0.1) is 13.8 Å². The lowest BCUT2D eigenvalue weighted by Gasteiger charge is -2.14. The Hall–Kier alpha value is -3.59. The van der Waals surface area contributed by atoms with Gasteiger partial charge in [0.2, 0.25) is 0 Å². The molecule has 0 spiro atoms. The molecule has 4 rings (SSSR count). The molecule has 1 aromatic heterocycles. The molecule has 30 heavy (non-hydrogen) atoms. The highest BCUT2D eigenvalue weighted by Gasteiger charge is 2.25.